The normalized spacial score (nSPS) is 12.0. The summed E-state index contributed by atoms with van der Waals surface area (Å²) in [4.78, 5) is 35.7. The van der Waals surface area contributed by atoms with E-state index < -0.39 is 29.7 Å². The van der Waals surface area contributed by atoms with Crippen molar-refractivity contribution in [1.29, 1.82) is 0 Å². The van der Waals surface area contributed by atoms with Crippen LogP contribution in [0.15, 0.2) is 48.5 Å². The van der Waals surface area contributed by atoms with Crippen molar-refractivity contribution in [1.82, 2.24) is 5.32 Å². The summed E-state index contributed by atoms with van der Waals surface area (Å²) in [5, 5.41) is 5.05. The Morgan fingerprint density at radius 2 is 1.72 bits per heavy atom. The van der Waals surface area contributed by atoms with E-state index >= 15 is 0 Å². The second-order valence-electron chi connectivity index (χ2n) is 6.21. The van der Waals surface area contributed by atoms with Crippen LogP contribution in [0.2, 0.25) is 0 Å². The van der Waals surface area contributed by atoms with Gasteiger partial charge in [-0.2, -0.15) is 13.2 Å². The fourth-order valence-corrected chi connectivity index (χ4v) is 2.58. The molecule has 0 fully saturated rings. The van der Waals surface area contributed by atoms with Crippen LogP contribution in [-0.4, -0.2) is 30.9 Å². The van der Waals surface area contributed by atoms with Crippen LogP contribution >= 0.6 is 0 Å². The Morgan fingerprint density at radius 1 is 1.07 bits per heavy atom. The van der Waals surface area contributed by atoms with Gasteiger partial charge < -0.3 is 15.4 Å². The van der Waals surface area contributed by atoms with Gasteiger partial charge in [-0.3, -0.25) is 9.59 Å². The van der Waals surface area contributed by atoms with Crippen molar-refractivity contribution in [3.05, 3.63) is 65.2 Å². The number of anilines is 1. The molecule has 2 N–H and O–H groups in total. The maximum absolute atomic E-state index is 12.7. The molecular formula is C20H19F3N2O4. The molecule has 0 heterocycles. The SMILES string of the molecule is COC(=O)[C@H](Cc1ccc(C(F)(F)F)cc1)NC(=O)c1cccc(NC(C)=O)c1. The lowest BCUT2D eigenvalue weighted by atomic mass is 10.0. The number of halogens is 3. The van der Waals surface area contributed by atoms with Crippen molar-refractivity contribution >= 4 is 23.5 Å². The summed E-state index contributed by atoms with van der Waals surface area (Å²) < 4.78 is 42.7. The molecule has 154 valence electrons. The smallest absolute Gasteiger partial charge is 0.416 e. The predicted octanol–water partition coefficient (Wildman–Crippen LogP) is 3.18. The lowest BCUT2D eigenvalue weighted by molar-refractivity contribution is -0.143. The second kappa shape index (κ2) is 9.22. The summed E-state index contributed by atoms with van der Waals surface area (Å²) in [5.74, 6) is -1.65. The van der Waals surface area contributed by atoms with Gasteiger partial charge in [0.25, 0.3) is 5.91 Å². The molecule has 6 nitrogen and oxygen atoms in total. The zero-order valence-electron chi connectivity index (χ0n) is 15.7. The van der Waals surface area contributed by atoms with Gasteiger partial charge >= 0.3 is 12.1 Å². The van der Waals surface area contributed by atoms with E-state index in [2.05, 4.69) is 15.4 Å². The number of carbonyl (C=O) groups is 3. The van der Waals surface area contributed by atoms with E-state index in [-0.39, 0.29) is 17.9 Å². The lowest BCUT2D eigenvalue weighted by Crippen LogP contribution is -2.43. The summed E-state index contributed by atoms with van der Waals surface area (Å²) in [5.41, 5.74) is 0.204. The third-order valence-electron chi connectivity index (χ3n) is 3.96. The van der Waals surface area contributed by atoms with Gasteiger partial charge in [-0.15, -0.1) is 0 Å². The average Bonchev–Trinajstić information content (AvgIpc) is 2.66. The summed E-state index contributed by atoms with van der Waals surface area (Å²) in [6.07, 6.45) is -4.52. The minimum Gasteiger partial charge on any atom is -0.467 e. The molecule has 0 saturated heterocycles. The molecule has 2 amide bonds. The van der Waals surface area contributed by atoms with Crippen molar-refractivity contribution in [3.63, 3.8) is 0 Å². The number of amides is 2. The van der Waals surface area contributed by atoms with Gasteiger partial charge in [-0.1, -0.05) is 18.2 Å². The molecule has 0 aliphatic rings. The number of nitrogens with one attached hydrogen (secondary N) is 2. The Balaban J connectivity index is 2.15. The molecule has 0 aromatic heterocycles. The number of alkyl halides is 3. The number of hydrogen-bond acceptors (Lipinski definition) is 4. The number of hydrogen-bond donors (Lipinski definition) is 2. The Kier molecular flexibility index (Phi) is 6.98. The summed E-state index contributed by atoms with van der Waals surface area (Å²) in [6.45, 7) is 1.32. The van der Waals surface area contributed by atoms with E-state index in [1.807, 2.05) is 0 Å². The number of benzene rings is 2. The molecular weight excluding hydrogens is 389 g/mol. The van der Waals surface area contributed by atoms with Crippen LogP contribution in [0.25, 0.3) is 0 Å². The van der Waals surface area contributed by atoms with Crippen molar-refractivity contribution < 1.29 is 32.3 Å². The fourth-order valence-electron chi connectivity index (χ4n) is 2.58. The van der Waals surface area contributed by atoms with Crippen molar-refractivity contribution in [3.8, 4) is 0 Å². The van der Waals surface area contributed by atoms with E-state index in [0.29, 0.717) is 11.3 Å². The van der Waals surface area contributed by atoms with Gasteiger partial charge in [0, 0.05) is 24.6 Å². The third kappa shape index (κ3) is 6.34. The number of rotatable bonds is 6. The van der Waals surface area contributed by atoms with Gasteiger partial charge in [0.15, 0.2) is 0 Å². The Morgan fingerprint density at radius 3 is 2.28 bits per heavy atom. The van der Waals surface area contributed by atoms with E-state index in [1.54, 1.807) is 12.1 Å². The molecule has 0 aliphatic heterocycles. The van der Waals surface area contributed by atoms with Crippen LogP contribution in [0.5, 0.6) is 0 Å². The Hall–Kier alpha value is -3.36. The van der Waals surface area contributed by atoms with Crippen molar-refractivity contribution in [2.45, 2.75) is 25.6 Å². The van der Waals surface area contributed by atoms with Crippen LogP contribution in [0.4, 0.5) is 18.9 Å². The molecule has 2 aromatic carbocycles. The van der Waals surface area contributed by atoms with Gasteiger partial charge in [0.05, 0.1) is 12.7 Å². The molecule has 0 unspecified atom stereocenters. The highest BCUT2D eigenvalue weighted by molar-refractivity contribution is 5.98. The first kappa shape index (κ1) is 21.9. The molecule has 0 saturated carbocycles. The topological polar surface area (TPSA) is 84.5 Å². The van der Waals surface area contributed by atoms with E-state index in [4.69, 9.17) is 0 Å². The van der Waals surface area contributed by atoms with Crippen LogP contribution in [0.1, 0.15) is 28.4 Å². The average molecular weight is 408 g/mol. The van der Waals surface area contributed by atoms with E-state index in [0.717, 1.165) is 19.2 Å². The second-order valence-corrected chi connectivity index (χ2v) is 6.21. The van der Waals surface area contributed by atoms with Crippen molar-refractivity contribution in [2.24, 2.45) is 0 Å². The molecule has 0 radical (unpaired) electrons. The van der Waals surface area contributed by atoms with E-state index in [1.165, 1.54) is 31.2 Å². The zero-order valence-corrected chi connectivity index (χ0v) is 15.7. The lowest BCUT2D eigenvalue weighted by Gasteiger charge is -2.17. The van der Waals surface area contributed by atoms with E-state index in [9.17, 15) is 27.6 Å². The molecule has 29 heavy (non-hydrogen) atoms. The van der Waals surface area contributed by atoms with Crippen LogP contribution < -0.4 is 10.6 Å². The summed E-state index contributed by atoms with van der Waals surface area (Å²) in [6, 6.07) is 9.27. The first-order valence-corrected chi connectivity index (χ1v) is 8.52. The van der Waals surface area contributed by atoms with Crippen molar-refractivity contribution in [2.75, 3.05) is 12.4 Å². The van der Waals surface area contributed by atoms with Crippen LogP contribution in [0.3, 0.4) is 0 Å². The van der Waals surface area contributed by atoms with Gasteiger partial charge in [-0.05, 0) is 35.9 Å². The predicted molar refractivity (Wildman–Crippen MR) is 99.2 cm³/mol. The highest BCUT2D eigenvalue weighted by Crippen LogP contribution is 2.29. The Bertz CT molecular complexity index is 895. The molecule has 2 rings (SSSR count). The molecule has 2 aromatic rings. The Labute approximate surface area is 165 Å². The monoisotopic (exact) mass is 408 g/mol. The molecule has 0 aliphatic carbocycles. The fraction of sp³-hybridized carbons (Fsp3) is 0.250. The number of methoxy groups -OCH3 is 1. The minimum atomic E-state index is -4.46. The van der Waals surface area contributed by atoms with Gasteiger partial charge in [0.2, 0.25) is 5.91 Å². The first-order chi connectivity index (χ1) is 13.6. The number of esters is 1. The number of ether oxygens (including phenoxy) is 1. The van der Waals surface area contributed by atoms with Gasteiger partial charge in [-0.25, -0.2) is 4.79 Å². The van der Waals surface area contributed by atoms with Gasteiger partial charge in [0.1, 0.15) is 6.04 Å². The van der Waals surface area contributed by atoms with Crippen LogP contribution in [-0.2, 0) is 26.9 Å². The summed E-state index contributed by atoms with van der Waals surface area (Å²) >= 11 is 0. The minimum absolute atomic E-state index is 0.0536. The third-order valence-corrected chi connectivity index (χ3v) is 3.96. The molecule has 0 spiro atoms. The molecule has 9 heteroatoms. The quantitative estimate of drug-likeness (QED) is 0.719. The standard InChI is InChI=1S/C20H19F3N2O4/c1-12(26)24-16-5-3-4-14(11-16)18(27)25-17(19(28)29-2)10-13-6-8-15(9-7-13)20(21,22)23/h3-9,11,17H,10H2,1-2H3,(H,24,26)(H,25,27)/t17-/m0/s1. The van der Waals surface area contributed by atoms with Crippen LogP contribution in [0, 0.1) is 0 Å². The highest BCUT2D eigenvalue weighted by atomic mass is 19.4. The number of carbonyl (C=O) groups excluding carboxylic acids is 3. The largest absolute Gasteiger partial charge is 0.467 e. The summed E-state index contributed by atoms with van der Waals surface area (Å²) in [7, 11) is 1.14. The first-order valence-electron chi connectivity index (χ1n) is 8.52. The molecule has 1 atom stereocenters. The highest BCUT2D eigenvalue weighted by Gasteiger charge is 2.30. The maximum atomic E-state index is 12.7. The molecule has 0 bridgehead atoms. The zero-order chi connectivity index (χ0) is 21.6. The maximum Gasteiger partial charge on any atom is 0.416 e.